The summed E-state index contributed by atoms with van der Waals surface area (Å²) >= 11 is 0. The van der Waals surface area contributed by atoms with Gasteiger partial charge in [-0.1, -0.05) is 12.1 Å². The van der Waals surface area contributed by atoms with Gasteiger partial charge in [0.25, 0.3) is 5.91 Å². The van der Waals surface area contributed by atoms with Crippen LogP contribution in [-0.4, -0.2) is 72.8 Å². The van der Waals surface area contributed by atoms with Gasteiger partial charge in [0.1, 0.15) is 0 Å². The van der Waals surface area contributed by atoms with Gasteiger partial charge in [0.2, 0.25) is 5.91 Å². The predicted octanol–water partition coefficient (Wildman–Crippen LogP) is 3.04. The zero-order valence-electron chi connectivity index (χ0n) is 18.0. The Labute approximate surface area is 175 Å². The SMILES string of the molecule is CN1CCC(N(C)C(=O)c2ccc(CC3CCN(C(=O)C4CC4)CC3)cc2)CC1. The van der Waals surface area contributed by atoms with Gasteiger partial charge < -0.3 is 14.7 Å². The summed E-state index contributed by atoms with van der Waals surface area (Å²) in [5.74, 6) is 1.50. The lowest BCUT2D eigenvalue weighted by Gasteiger charge is -2.35. The van der Waals surface area contributed by atoms with Gasteiger partial charge >= 0.3 is 0 Å². The Balaban J connectivity index is 1.26. The van der Waals surface area contributed by atoms with Crippen molar-refractivity contribution in [3.8, 4) is 0 Å². The average molecular weight is 398 g/mol. The number of benzene rings is 1. The second-order valence-electron chi connectivity index (χ2n) is 9.39. The minimum atomic E-state index is 0.137. The molecule has 0 spiro atoms. The Bertz CT molecular complexity index is 712. The molecule has 3 aliphatic rings. The summed E-state index contributed by atoms with van der Waals surface area (Å²) in [4.78, 5) is 31.4. The number of piperidine rings is 2. The third-order valence-corrected chi connectivity index (χ3v) is 7.13. The van der Waals surface area contributed by atoms with E-state index in [0.717, 1.165) is 76.7 Å². The Kier molecular flexibility index (Phi) is 6.23. The van der Waals surface area contributed by atoms with Crippen LogP contribution in [0.25, 0.3) is 0 Å². The second kappa shape index (κ2) is 8.86. The fraction of sp³-hybridized carbons (Fsp3) is 0.667. The molecule has 29 heavy (non-hydrogen) atoms. The minimum Gasteiger partial charge on any atom is -0.342 e. The summed E-state index contributed by atoms with van der Waals surface area (Å²) in [5.41, 5.74) is 2.09. The van der Waals surface area contributed by atoms with Gasteiger partial charge in [0.15, 0.2) is 0 Å². The molecule has 0 bridgehead atoms. The monoisotopic (exact) mass is 397 g/mol. The van der Waals surface area contributed by atoms with Crippen LogP contribution in [0.5, 0.6) is 0 Å². The highest BCUT2D eigenvalue weighted by molar-refractivity contribution is 5.94. The molecule has 2 aliphatic heterocycles. The molecule has 2 saturated heterocycles. The van der Waals surface area contributed by atoms with Gasteiger partial charge in [-0.3, -0.25) is 9.59 Å². The van der Waals surface area contributed by atoms with Crippen molar-refractivity contribution in [2.75, 3.05) is 40.3 Å². The molecule has 4 rings (SSSR count). The summed E-state index contributed by atoms with van der Waals surface area (Å²) in [5, 5.41) is 0. The average Bonchev–Trinajstić information content (AvgIpc) is 3.59. The number of hydrogen-bond acceptors (Lipinski definition) is 3. The van der Waals surface area contributed by atoms with Gasteiger partial charge in [-0.25, -0.2) is 0 Å². The predicted molar refractivity (Wildman–Crippen MR) is 115 cm³/mol. The third-order valence-electron chi connectivity index (χ3n) is 7.13. The van der Waals surface area contributed by atoms with Crippen molar-refractivity contribution in [1.82, 2.24) is 14.7 Å². The molecular weight excluding hydrogens is 362 g/mol. The highest BCUT2D eigenvalue weighted by Crippen LogP contribution is 2.33. The molecule has 1 aliphatic carbocycles. The van der Waals surface area contributed by atoms with Crippen molar-refractivity contribution in [2.24, 2.45) is 11.8 Å². The number of nitrogens with zero attached hydrogens (tertiary/aromatic N) is 3. The molecule has 2 heterocycles. The van der Waals surface area contributed by atoms with Gasteiger partial charge in [-0.2, -0.15) is 0 Å². The summed E-state index contributed by atoms with van der Waals surface area (Å²) in [6.45, 7) is 3.95. The third kappa shape index (κ3) is 5.00. The molecule has 2 amide bonds. The maximum atomic E-state index is 12.9. The van der Waals surface area contributed by atoms with E-state index >= 15 is 0 Å². The van der Waals surface area contributed by atoms with Crippen molar-refractivity contribution in [3.05, 3.63) is 35.4 Å². The number of carbonyl (C=O) groups is 2. The molecule has 3 fully saturated rings. The summed E-state index contributed by atoms with van der Waals surface area (Å²) < 4.78 is 0. The molecule has 0 unspecified atom stereocenters. The van der Waals surface area contributed by atoms with E-state index in [1.165, 1.54) is 5.56 Å². The topological polar surface area (TPSA) is 43.9 Å². The molecule has 0 radical (unpaired) electrons. The first-order chi connectivity index (χ1) is 14.0. The lowest BCUT2D eigenvalue weighted by molar-refractivity contribution is -0.133. The van der Waals surface area contributed by atoms with E-state index in [-0.39, 0.29) is 5.91 Å². The first-order valence-electron chi connectivity index (χ1n) is 11.3. The fourth-order valence-electron chi connectivity index (χ4n) is 4.81. The van der Waals surface area contributed by atoms with Crippen LogP contribution in [0.2, 0.25) is 0 Å². The molecule has 1 aromatic rings. The molecule has 0 N–H and O–H groups in total. The Hall–Kier alpha value is -1.88. The number of amides is 2. The van der Waals surface area contributed by atoms with E-state index in [2.05, 4.69) is 29.0 Å². The maximum absolute atomic E-state index is 12.9. The van der Waals surface area contributed by atoms with E-state index in [1.54, 1.807) is 0 Å². The van der Waals surface area contributed by atoms with E-state index in [4.69, 9.17) is 0 Å². The van der Waals surface area contributed by atoms with E-state index < -0.39 is 0 Å². The number of hydrogen-bond donors (Lipinski definition) is 0. The van der Waals surface area contributed by atoms with Crippen LogP contribution >= 0.6 is 0 Å². The Morgan fingerprint density at radius 3 is 2.14 bits per heavy atom. The van der Waals surface area contributed by atoms with Crippen molar-refractivity contribution in [2.45, 2.75) is 51.0 Å². The molecule has 0 atom stereocenters. The molecule has 158 valence electrons. The lowest BCUT2D eigenvalue weighted by Crippen LogP contribution is -2.44. The summed E-state index contributed by atoms with van der Waals surface area (Å²) in [6.07, 6.45) is 7.53. The first kappa shape index (κ1) is 20.4. The highest BCUT2D eigenvalue weighted by Gasteiger charge is 2.34. The van der Waals surface area contributed by atoms with Crippen LogP contribution in [0.15, 0.2) is 24.3 Å². The highest BCUT2D eigenvalue weighted by atomic mass is 16.2. The number of likely N-dealkylation sites (tertiary alicyclic amines) is 2. The van der Waals surface area contributed by atoms with Crippen LogP contribution in [0.4, 0.5) is 0 Å². The van der Waals surface area contributed by atoms with Crippen molar-refractivity contribution >= 4 is 11.8 Å². The van der Waals surface area contributed by atoms with Gasteiger partial charge in [0.05, 0.1) is 0 Å². The zero-order chi connectivity index (χ0) is 20.4. The zero-order valence-corrected chi connectivity index (χ0v) is 18.0. The molecule has 1 saturated carbocycles. The molecule has 5 nitrogen and oxygen atoms in total. The van der Waals surface area contributed by atoms with Crippen LogP contribution in [0.3, 0.4) is 0 Å². The second-order valence-corrected chi connectivity index (χ2v) is 9.39. The van der Waals surface area contributed by atoms with E-state index in [0.29, 0.717) is 23.8 Å². The molecule has 0 aromatic heterocycles. The van der Waals surface area contributed by atoms with Crippen molar-refractivity contribution in [1.29, 1.82) is 0 Å². The van der Waals surface area contributed by atoms with E-state index in [9.17, 15) is 9.59 Å². The van der Waals surface area contributed by atoms with Gasteiger partial charge in [-0.05, 0) is 88.7 Å². The Morgan fingerprint density at radius 1 is 0.931 bits per heavy atom. The quantitative estimate of drug-likeness (QED) is 0.767. The first-order valence-corrected chi connectivity index (χ1v) is 11.3. The number of rotatable bonds is 5. The smallest absolute Gasteiger partial charge is 0.253 e. The van der Waals surface area contributed by atoms with Crippen molar-refractivity contribution in [3.63, 3.8) is 0 Å². The van der Waals surface area contributed by atoms with Gasteiger partial charge in [-0.15, -0.1) is 0 Å². The van der Waals surface area contributed by atoms with Crippen molar-refractivity contribution < 1.29 is 9.59 Å². The Morgan fingerprint density at radius 2 is 1.55 bits per heavy atom. The van der Waals surface area contributed by atoms with Crippen LogP contribution < -0.4 is 0 Å². The fourth-order valence-corrected chi connectivity index (χ4v) is 4.81. The van der Waals surface area contributed by atoms with E-state index in [1.807, 2.05) is 24.1 Å². The summed E-state index contributed by atoms with van der Waals surface area (Å²) in [6, 6.07) is 8.58. The van der Waals surface area contributed by atoms with Crippen LogP contribution in [0, 0.1) is 11.8 Å². The normalized spacial score (nSPS) is 21.9. The largest absolute Gasteiger partial charge is 0.342 e. The van der Waals surface area contributed by atoms with Gasteiger partial charge in [0, 0.05) is 37.7 Å². The standard InChI is InChI=1S/C24H35N3O2/c1-25-13-11-22(12-14-25)26(2)23(28)20-5-3-18(4-6-20)17-19-9-15-27(16-10-19)24(29)21-7-8-21/h3-6,19,21-22H,7-17H2,1-2H3. The molecular formula is C24H35N3O2. The lowest BCUT2D eigenvalue weighted by atomic mass is 9.89. The van der Waals surface area contributed by atoms with Crippen LogP contribution in [-0.2, 0) is 11.2 Å². The molecule has 1 aromatic carbocycles. The molecule has 5 heteroatoms. The number of carbonyl (C=O) groups excluding carboxylic acids is 2. The minimum absolute atomic E-state index is 0.137. The summed E-state index contributed by atoms with van der Waals surface area (Å²) in [7, 11) is 4.09. The maximum Gasteiger partial charge on any atom is 0.253 e. The van der Waals surface area contributed by atoms with Crippen LogP contribution in [0.1, 0.15) is 54.4 Å².